The van der Waals surface area contributed by atoms with Crippen LogP contribution >= 0.6 is 0 Å². The van der Waals surface area contributed by atoms with Gasteiger partial charge in [0.1, 0.15) is 0 Å². The van der Waals surface area contributed by atoms with Gasteiger partial charge >= 0.3 is 0 Å². The van der Waals surface area contributed by atoms with E-state index in [-0.39, 0.29) is 6.61 Å². The molecule has 0 aliphatic heterocycles. The molecule has 2 nitrogen and oxygen atoms in total. The van der Waals surface area contributed by atoms with Crippen molar-refractivity contribution in [2.24, 2.45) is 11.3 Å². The first kappa shape index (κ1) is 10.7. The Labute approximate surface area is 80.3 Å². The lowest BCUT2D eigenvalue weighted by Gasteiger charge is -2.13. The molecule has 0 radical (unpaired) electrons. The maximum atomic E-state index is 9.04. The number of unbranched alkanes of at least 4 members (excludes halogenated alkanes) is 1. The van der Waals surface area contributed by atoms with Gasteiger partial charge in [0.15, 0.2) is 0 Å². The summed E-state index contributed by atoms with van der Waals surface area (Å²) in [7, 11) is 0. The van der Waals surface area contributed by atoms with Crippen LogP contribution in [-0.4, -0.2) is 23.4 Å². The second-order valence-corrected chi connectivity index (χ2v) is 4.12. The lowest BCUT2D eigenvalue weighted by Crippen LogP contribution is -2.06. The van der Waals surface area contributed by atoms with Crippen molar-refractivity contribution in [2.75, 3.05) is 13.2 Å². The van der Waals surface area contributed by atoms with Crippen LogP contribution in [0.1, 0.15) is 32.1 Å². The minimum Gasteiger partial charge on any atom is -0.396 e. The fourth-order valence-electron chi connectivity index (χ4n) is 2.22. The van der Waals surface area contributed by atoms with E-state index in [1.54, 1.807) is 0 Å². The van der Waals surface area contributed by atoms with Crippen LogP contribution in [-0.2, 0) is 0 Å². The fourth-order valence-corrected chi connectivity index (χ4v) is 2.22. The van der Waals surface area contributed by atoms with Gasteiger partial charge in [-0.1, -0.05) is 12.5 Å². The zero-order valence-electron chi connectivity index (χ0n) is 8.21. The molecule has 1 aliphatic rings. The molecule has 1 fully saturated rings. The van der Waals surface area contributed by atoms with Gasteiger partial charge in [-0.2, -0.15) is 0 Å². The number of hydrogen-bond acceptors (Lipinski definition) is 2. The molecule has 2 unspecified atom stereocenters. The molecule has 0 spiro atoms. The molecule has 1 aliphatic carbocycles. The Hall–Kier alpha value is -0.340. The lowest BCUT2D eigenvalue weighted by atomic mass is 9.92. The third-order valence-corrected chi connectivity index (χ3v) is 3.21. The molecule has 0 saturated heterocycles. The van der Waals surface area contributed by atoms with E-state index in [0.29, 0.717) is 17.9 Å². The fraction of sp³-hybridized carbons (Fsp3) is 0.818. The first-order chi connectivity index (χ1) is 6.29. The second-order valence-electron chi connectivity index (χ2n) is 4.12. The molecule has 2 atom stereocenters. The molecule has 0 amide bonds. The SMILES string of the molecule is C=CCC1(CCCCO)CC1CO. The van der Waals surface area contributed by atoms with Crippen LogP contribution in [0.2, 0.25) is 0 Å². The van der Waals surface area contributed by atoms with E-state index in [4.69, 9.17) is 10.2 Å². The largest absolute Gasteiger partial charge is 0.396 e. The van der Waals surface area contributed by atoms with Gasteiger partial charge in [-0.25, -0.2) is 0 Å². The minimum atomic E-state index is 0.286. The van der Waals surface area contributed by atoms with Crippen LogP contribution in [0.3, 0.4) is 0 Å². The van der Waals surface area contributed by atoms with Crippen LogP contribution in [0.15, 0.2) is 12.7 Å². The second kappa shape index (κ2) is 4.77. The van der Waals surface area contributed by atoms with E-state index in [0.717, 1.165) is 32.1 Å². The average Bonchev–Trinajstić information content (AvgIpc) is 2.80. The van der Waals surface area contributed by atoms with Gasteiger partial charge in [0.05, 0.1) is 0 Å². The first-order valence-corrected chi connectivity index (χ1v) is 5.11. The summed E-state index contributed by atoms with van der Waals surface area (Å²) in [5.41, 5.74) is 0.339. The molecule has 2 N–H and O–H groups in total. The smallest absolute Gasteiger partial charge is 0.0464 e. The van der Waals surface area contributed by atoms with Gasteiger partial charge in [0, 0.05) is 13.2 Å². The predicted molar refractivity (Wildman–Crippen MR) is 53.4 cm³/mol. The van der Waals surface area contributed by atoms with Crippen molar-refractivity contribution in [1.82, 2.24) is 0 Å². The van der Waals surface area contributed by atoms with Gasteiger partial charge < -0.3 is 10.2 Å². The van der Waals surface area contributed by atoms with E-state index in [1.165, 1.54) is 0 Å². The molecule has 0 aromatic rings. The van der Waals surface area contributed by atoms with Crippen molar-refractivity contribution in [3.05, 3.63) is 12.7 Å². The number of aliphatic hydroxyl groups excluding tert-OH is 2. The summed E-state index contributed by atoms with van der Waals surface area (Å²) in [6, 6.07) is 0. The van der Waals surface area contributed by atoms with Crippen molar-refractivity contribution < 1.29 is 10.2 Å². The Kier molecular flexibility index (Phi) is 3.94. The lowest BCUT2D eigenvalue weighted by molar-refractivity contribution is 0.236. The maximum Gasteiger partial charge on any atom is 0.0464 e. The summed E-state index contributed by atoms with van der Waals surface area (Å²) < 4.78 is 0. The summed E-state index contributed by atoms with van der Waals surface area (Å²) in [6.45, 7) is 4.35. The molecule has 0 aromatic carbocycles. The quantitative estimate of drug-likeness (QED) is 0.467. The van der Waals surface area contributed by atoms with E-state index in [9.17, 15) is 0 Å². The molecule has 0 aromatic heterocycles. The highest BCUT2D eigenvalue weighted by atomic mass is 16.3. The number of aliphatic hydroxyl groups is 2. The summed E-state index contributed by atoms with van der Waals surface area (Å²) in [5.74, 6) is 0.490. The minimum absolute atomic E-state index is 0.286. The zero-order chi connectivity index (χ0) is 9.73. The van der Waals surface area contributed by atoms with Gasteiger partial charge in [-0.15, -0.1) is 6.58 Å². The van der Waals surface area contributed by atoms with E-state index >= 15 is 0 Å². The summed E-state index contributed by atoms with van der Waals surface area (Å²) in [5, 5.41) is 17.7. The topological polar surface area (TPSA) is 40.5 Å². The van der Waals surface area contributed by atoms with E-state index in [1.807, 2.05) is 6.08 Å². The van der Waals surface area contributed by atoms with Gasteiger partial charge in [-0.05, 0) is 37.0 Å². The predicted octanol–water partition coefficient (Wildman–Crippen LogP) is 1.72. The summed E-state index contributed by atoms with van der Waals surface area (Å²) >= 11 is 0. The summed E-state index contributed by atoms with van der Waals surface area (Å²) in [6.07, 6.45) is 7.20. The molecule has 0 heterocycles. The third kappa shape index (κ3) is 2.55. The van der Waals surface area contributed by atoms with Crippen molar-refractivity contribution in [2.45, 2.75) is 32.1 Å². The number of rotatable bonds is 7. The molecule has 0 bridgehead atoms. The highest BCUT2D eigenvalue weighted by Gasteiger charge is 2.51. The highest BCUT2D eigenvalue weighted by Crippen LogP contribution is 2.58. The monoisotopic (exact) mass is 184 g/mol. The molecular formula is C11H20O2. The molecule has 1 rings (SSSR count). The van der Waals surface area contributed by atoms with E-state index in [2.05, 4.69) is 6.58 Å². The Morgan fingerprint density at radius 2 is 2.15 bits per heavy atom. The highest BCUT2D eigenvalue weighted by molar-refractivity contribution is 5.04. The Bertz CT molecular complexity index is 167. The van der Waals surface area contributed by atoms with Crippen LogP contribution in [0, 0.1) is 11.3 Å². The van der Waals surface area contributed by atoms with Crippen LogP contribution < -0.4 is 0 Å². The standard InChI is InChI=1S/C11H20O2/c1-2-5-11(6-3-4-7-12)8-10(11)9-13/h2,10,12-13H,1,3-9H2. The van der Waals surface area contributed by atoms with Crippen LogP contribution in [0.4, 0.5) is 0 Å². The van der Waals surface area contributed by atoms with Crippen molar-refractivity contribution in [3.63, 3.8) is 0 Å². The Morgan fingerprint density at radius 1 is 1.38 bits per heavy atom. The zero-order valence-corrected chi connectivity index (χ0v) is 8.21. The Morgan fingerprint density at radius 3 is 2.62 bits per heavy atom. The molecular weight excluding hydrogens is 164 g/mol. The maximum absolute atomic E-state index is 9.04. The molecule has 76 valence electrons. The first-order valence-electron chi connectivity index (χ1n) is 5.11. The number of hydrogen-bond donors (Lipinski definition) is 2. The van der Waals surface area contributed by atoms with Gasteiger partial charge in [-0.3, -0.25) is 0 Å². The summed E-state index contributed by atoms with van der Waals surface area (Å²) in [4.78, 5) is 0. The average molecular weight is 184 g/mol. The van der Waals surface area contributed by atoms with Crippen LogP contribution in [0.5, 0.6) is 0 Å². The molecule has 1 saturated carbocycles. The third-order valence-electron chi connectivity index (χ3n) is 3.21. The number of allylic oxidation sites excluding steroid dienone is 1. The Balaban J connectivity index is 2.28. The van der Waals surface area contributed by atoms with Crippen molar-refractivity contribution in [1.29, 1.82) is 0 Å². The van der Waals surface area contributed by atoms with Crippen LogP contribution in [0.25, 0.3) is 0 Å². The van der Waals surface area contributed by atoms with E-state index < -0.39 is 0 Å². The van der Waals surface area contributed by atoms with Gasteiger partial charge in [0.2, 0.25) is 0 Å². The normalized spacial score (nSPS) is 31.7. The van der Waals surface area contributed by atoms with Gasteiger partial charge in [0.25, 0.3) is 0 Å². The molecule has 13 heavy (non-hydrogen) atoms. The molecule has 2 heteroatoms. The van der Waals surface area contributed by atoms with Crippen molar-refractivity contribution in [3.8, 4) is 0 Å². The van der Waals surface area contributed by atoms with Crippen molar-refractivity contribution >= 4 is 0 Å².